The van der Waals surface area contributed by atoms with E-state index in [9.17, 15) is 0 Å². The molecule has 0 aliphatic carbocycles. The molecule has 4 heteroatoms. The van der Waals surface area contributed by atoms with Crippen molar-refractivity contribution in [2.75, 3.05) is 19.0 Å². The Hall–Kier alpha value is -0.640. The second-order valence-electron chi connectivity index (χ2n) is 1.66. The summed E-state index contributed by atoms with van der Waals surface area (Å²) in [4.78, 5) is 1.92. The van der Waals surface area contributed by atoms with Crippen molar-refractivity contribution in [3.05, 3.63) is 5.38 Å². The summed E-state index contributed by atoms with van der Waals surface area (Å²) in [7, 11) is 3.88. The average Bonchev–Trinajstić information content (AvgIpc) is 2.12. The summed E-state index contributed by atoms with van der Waals surface area (Å²) in [5.41, 5.74) is 0. The van der Waals surface area contributed by atoms with Crippen molar-refractivity contribution < 1.29 is 0 Å². The van der Waals surface area contributed by atoms with Crippen LogP contribution in [0.2, 0.25) is 0 Å². The molecule has 0 saturated heterocycles. The largest absolute Gasteiger partial charge is 0.361 e. The maximum Gasteiger partial charge on any atom is 0.163 e. The molecule has 0 atom stereocenters. The fraction of sp³-hybridized carbons (Fsp3) is 0.500. The van der Waals surface area contributed by atoms with Gasteiger partial charge in [0.1, 0.15) is 0 Å². The number of anilines is 1. The molecule has 8 heavy (non-hydrogen) atoms. The van der Waals surface area contributed by atoms with Gasteiger partial charge in [-0.05, 0) is 11.5 Å². The molecule has 0 aliphatic heterocycles. The normalized spacial score (nSPS) is 9.25. The van der Waals surface area contributed by atoms with Gasteiger partial charge in [0.25, 0.3) is 0 Å². The van der Waals surface area contributed by atoms with Crippen LogP contribution in [0.4, 0.5) is 5.82 Å². The van der Waals surface area contributed by atoms with E-state index in [4.69, 9.17) is 0 Å². The lowest BCUT2D eigenvalue weighted by Gasteiger charge is -2.03. The smallest absolute Gasteiger partial charge is 0.163 e. The Kier molecular flexibility index (Phi) is 1.43. The highest BCUT2D eigenvalue weighted by Crippen LogP contribution is 2.05. The first kappa shape index (κ1) is 5.50. The van der Waals surface area contributed by atoms with E-state index in [0.717, 1.165) is 5.82 Å². The molecule has 0 spiro atoms. The summed E-state index contributed by atoms with van der Waals surface area (Å²) >= 11 is 1.37. The van der Waals surface area contributed by atoms with Gasteiger partial charge in [-0.15, -0.1) is 5.10 Å². The average molecular weight is 129 g/mol. The van der Waals surface area contributed by atoms with Crippen LogP contribution < -0.4 is 4.90 Å². The second kappa shape index (κ2) is 2.09. The first-order valence-corrected chi connectivity index (χ1v) is 3.09. The number of nitrogens with zero attached hydrogens (tertiary/aromatic N) is 3. The van der Waals surface area contributed by atoms with Crippen molar-refractivity contribution in [1.29, 1.82) is 0 Å². The molecule has 1 aromatic heterocycles. The molecule has 0 radical (unpaired) electrons. The van der Waals surface area contributed by atoms with Crippen LogP contribution in [0.25, 0.3) is 0 Å². The molecule has 0 fully saturated rings. The monoisotopic (exact) mass is 129 g/mol. The molecule has 1 aromatic rings. The van der Waals surface area contributed by atoms with Crippen LogP contribution in [0.1, 0.15) is 0 Å². The standard InChI is InChI=1S/C4H7N3S/c1-7(2)4-3-8-6-5-4/h3H,1-2H3. The lowest BCUT2D eigenvalue weighted by atomic mass is 10.7. The predicted molar refractivity (Wildman–Crippen MR) is 34.2 cm³/mol. The van der Waals surface area contributed by atoms with E-state index in [-0.39, 0.29) is 0 Å². The topological polar surface area (TPSA) is 29.0 Å². The maximum absolute atomic E-state index is 3.81. The minimum Gasteiger partial charge on any atom is -0.361 e. The molecule has 0 unspecified atom stereocenters. The van der Waals surface area contributed by atoms with Crippen molar-refractivity contribution in [1.82, 2.24) is 9.59 Å². The molecule has 1 rings (SSSR count). The molecule has 0 saturated carbocycles. The zero-order valence-corrected chi connectivity index (χ0v) is 5.64. The van der Waals surface area contributed by atoms with Gasteiger partial charge in [-0.1, -0.05) is 4.49 Å². The van der Waals surface area contributed by atoms with Crippen LogP contribution in [0.15, 0.2) is 5.38 Å². The van der Waals surface area contributed by atoms with Gasteiger partial charge in [-0.3, -0.25) is 0 Å². The van der Waals surface area contributed by atoms with E-state index in [1.165, 1.54) is 11.5 Å². The first-order valence-electron chi connectivity index (χ1n) is 2.25. The highest BCUT2D eigenvalue weighted by Gasteiger charge is 1.93. The molecule has 0 bridgehead atoms. The molecular weight excluding hydrogens is 122 g/mol. The zero-order valence-electron chi connectivity index (χ0n) is 4.83. The minimum atomic E-state index is 0.926. The summed E-state index contributed by atoms with van der Waals surface area (Å²) in [6.07, 6.45) is 0. The van der Waals surface area contributed by atoms with E-state index in [2.05, 4.69) is 9.59 Å². The number of hydrogen-bond donors (Lipinski definition) is 0. The Morgan fingerprint density at radius 1 is 1.62 bits per heavy atom. The van der Waals surface area contributed by atoms with Crippen molar-refractivity contribution >= 4 is 17.4 Å². The van der Waals surface area contributed by atoms with Gasteiger partial charge < -0.3 is 4.90 Å². The fourth-order valence-corrected chi connectivity index (χ4v) is 0.885. The van der Waals surface area contributed by atoms with E-state index < -0.39 is 0 Å². The van der Waals surface area contributed by atoms with Crippen LogP contribution >= 0.6 is 11.5 Å². The maximum atomic E-state index is 3.81. The quantitative estimate of drug-likeness (QED) is 0.556. The van der Waals surface area contributed by atoms with Gasteiger partial charge in [-0.25, -0.2) is 0 Å². The lowest BCUT2D eigenvalue weighted by Crippen LogP contribution is -2.08. The molecule has 0 N–H and O–H groups in total. The summed E-state index contributed by atoms with van der Waals surface area (Å²) in [6.45, 7) is 0. The van der Waals surface area contributed by atoms with Gasteiger partial charge >= 0.3 is 0 Å². The van der Waals surface area contributed by atoms with E-state index in [0.29, 0.717) is 0 Å². The Bertz CT molecular complexity index is 146. The number of aromatic nitrogens is 2. The SMILES string of the molecule is CN(C)c1csnn1. The van der Waals surface area contributed by atoms with Gasteiger partial charge in [0.2, 0.25) is 0 Å². The molecule has 44 valence electrons. The highest BCUT2D eigenvalue weighted by atomic mass is 32.1. The van der Waals surface area contributed by atoms with Crippen molar-refractivity contribution in [3.8, 4) is 0 Å². The zero-order chi connectivity index (χ0) is 5.98. The third kappa shape index (κ3) is 0.949. The molecule has 1 heterocycles. The second-order valence-corrected chi connectivity index (χ2v) is 2.27. The Morgan fingerprint density at radius 2 is 2.38 bits per heavy atom. The molecule has 0 aliphatic rings. The molecular formula is C4H7N3S. The molecule has 3 nitrogen and oxygen atoms in total. The van der Waals surface area contributed by atoms with Crippen LogP contribution in [0.3, 0.4) is 0 Å². The summed E-state index contributed by atoms with van der Waals surface area (Å²) in [5.74, 6) is 0.926. The van der Waals surface area contributed by atoms with Crippen LogP contribution in [-0.4, -0.2) is 23.7 Å². The number of rotatable bonds is 1. The van der Waals surface area contributed by atoms with Crippen molar-refractivity contribution in [2.24, 2.45) is 0 Å². The summed E-state index contributed by atoms with van der Waals surface area (Å²) in [6, 6.07) is 0. The Labute approximate surface area is 52.1 Å². The van der Waals surface area contributed by atoms with Gasteiger partial charge in [0.05, 0.1) is 5.38 Å². The van der Waals surface area contributed by atoms with Crippen LogP contribution in [-0.2, 0) is 0 Å². The summed E-state index contributed by atoms with van der Waals surface area (Å²) in [5, 5.41) is 5.71. The molecule has 0 aromatic carbocycles. The van der Waals surface area contributed by atoms with E-state index >= 15 is 0 Å². The third-order valence-electron chi connectivity index (χ3n) is 0.807. The summed E-state index contributed by atoms with van der Waals surface area (Å²) < 4.78 is 3.69. The van der Waals surface area contributed by atoms with Gasteiger partial charge in [0, 0.05) is 14.1 Å². The first-order chi connectivity index (χ1) is 3.80. The Morgan fingerprint density at radius 3 is 2.62 bits per heavy atom. The minimum absolute atomic E-state index is 0.926. The van der Waals surface area contributed by atoms with E-state index in [1.54, 1.807) is 0 Å². The number of hydrogen-bond acceptors (Lipinski definition) is 4. The third-order valence-corrected chi connectivity index (χ3v) is 1.30. The van der Waals surface area contributed by atoms with Crippen LogP contribution in [0, 0.1) is 0 Å². The Balaban J connectivity index is 2.77. The van der Waals surface area contributed by atoms with Gasteiger partial charge in [-0.2, -0.15) is 0 Å². The molecule has 0 amide bonds. The van der Waals surface area contributed by atoms with Crippen molar-refractivity contribution in [2.45, 2.75) is 0 Å². The lowest BCUT2D eigenvalue weighted by molar-refractivity contribution is 1.03. The van der Waals surface area contributed by atoms with Crippen molar-refractivity contribution in [3.63, 3.8) is 0 Å². The fourth-order valence-electron chi connectivity index (χ4n) is 0.355. The van der Waals surface area contributed by atoms with E-state index in [1.807, 2.05) is 24.4 Å². The van der Waals surface area contributed by atoms with Crippen LogP contribution in [0.5, 0.6) is 0 Å². The highest BCUT2D eigenvalue weighted by molar-refractivity contribution is 7.03. The van der Waals surface area contributed by atoms with Gasteiger partial charge in [0.15, 0.2) is 5.82 Å². The predicted octanol–water partition coefficient (Wildman–Crippen LogP) is 0.604.